The maximum absolute atomic E-state index is 11.0. The fourth-order valence-electron chi connectivity index (χ4n) is 1.68. The number of nitrogens with zero attached hydrogens (tertiary/aromatic N) is 3. The minimum atomic E-state index is -0.555. The Hall–Kier alpha value is -2.41. The summed E-state index contributed by atoms with van der Waals surface area (Å²) >= 11 is 5.98. The number of ether oxygens (including phenoxy) is 1. The monoisotopic (exact) mass is 308 g/mol. The van der Waals surface area contributed by atoms with Crippen molar-refractivity contribution in [2.45, 2.75) is 13.8 Å². The molecule has 8 heteroatoms. The number of aryl methyl sites for hydroxylation is 1. The highest BCUT2D eigenvalue weighted by molar-refractivity contribution is 6.32. The highest BCUT2D eigenvalue weighted by Gasteiger charge is 2.19. The number of nitrogens with one attached hydrogen (secondary N) is 1. The van der Waals surface area contributed by atoms with Crippen LogP contribution in [-0.2, 0) is 0 Å². The quantitative estimate of drug-likeness (QED) is 0.670. The normalized spacial score (nSPS) is 10.2. The Morgan fingerprint density at radius 1 is 1.43 bits per heavy atom. The van der Waals surface area contributed by atoms with E-state index in [0.717, 1.165) is 0 Å². The summed E-state index contributed by atoms with van der Waals surface area (Å²) in [7, 11) is 0. The number of nitro benzene ring substituents is 1. The van der Waals surface area contributed by atoms with Gasteiger partial charge in [0, 0.05) is 24.4 Å². The lowest BCUT2D eigenvalue weighted by atomic mass is 10.3. The van der Waals surface area contributed by atoms with Gasteiger partial charge in [0.15, 0.2) is 0 Å². The molecular formula is C13H13ClN4O3. The number of benzene rings is 1. The maximum Gasteiger partial charge on any atom is 0.313 e. The van der Waals surface area contributed by atoms with Gasteiger partial charge in [0.25, 0.3) is 0 Å². The minimum absolute atomic E-state index is 0.0373. The van der Waals surface area contributed by atoms with E-state index in [-0.39, 0.29) is 22.3 Å². The molecule has 0 aliphatic rings. The van der Waals surface area contributed by atoms with Crippen molar-refractivity contribution in [1.29, 1.82) is 0 Å². The smallest absolute Gasteiger partial charge is 0.313 e. The first-order valence-electron chi connectivity index (χ1n) is 6.21. The summed E-state index contributed by atoms with van der Waals surface area (Å²) < 4.78 is 5.50. The lowest BCUT2D eigenvalue weighted by Crippen LogP contribution is -2.04. The Morgan fingerprint density at radius 2 is 2.19 bits per heavy atom. The van der Waals surface area contributed by atoms with Crippen LogP contribution in [0.15, 0.2) is 24.3 Å². The van der Waals surface area contributed by atoms with Gasteiger partial charge in [-0.2, -0.15) is 4.98 Å². The standard InChI is InChI=1S/C13H13ClN4O3/c1-3-15-13-16-8(2)7-11(17-13)21-12-9(14)5-4-6-10(12)18(19)20/h4-7H,3H2,1-2H3,(H,15,16,17). The molecule has 1 heterocycles. The molecule has 0 spiro atoms. The summed E-state index contributed by atoms with van der Waals surface area (Å²) in [6.45, 7) is 4.33. The Morgan fingerprint density at radius 3 is 2.86 bits per heavy atom. The molecule has 0 atom stereocenters. The van der Waals surface area contributed by atoms with Crippen LogP contribution in [0.5, 0.6) is 11.6 Å². The van der Waals surface area contributed by atoms with Crippen LogP contribution in [-0.4, -0.2) is 21.4 Å². The van der Waals surface area contributed by atoms with E-state index in [1.807, 2.05) is 6.92 Å². The van der Waals surface area contributed by atoms with Crippen molar-refractivity contribution in [3.8, 4) is 11.6 Å². The molecule has 1 aromatic heterocycles. The number of rotatable bonds is 5. The predicted octanol–water partition coefficient (Wildman–Crippen LogP) is 3.57. The second-order valence-electron chi connectivity index (χ2n) is 4.15. The van der Waals surface area contributed by atoms with Crippen LogP contribution < -0.4 is 10.1 Å². The SMILES string of the molecule is CCNc1nc(C)cc(Oc2c(Cl)cccc2[N+](=O)[O-])n1. The number of anilines is 1. The first-order chi connectivity index (χ1) is 10.0. The van der Waals surface area contributed by atoms with Crippen molar-refractivity contribution in [2.75, 3.05) is 11.9 Å². The fraction of sp³-hybridized carbons (Fsp3) is 0.231. The molecule has 2 rings (SSSR count). The number of hydrogen-bond acceptors (Lipinski definition) is 6. The van der Waals surface area contributed by atoms with E-state index >= 15 is 0 Å². The van der Waals surface area contributed by atoms with Gasteiger partial charge in [-0.15, -0.1) is 0 Å². The third-order valence-electron chi connectivity index (χ3n) is 2.52. The molecule has 0 bridgehead atoms. The van der Waals surface area contributed by atoms with E-state index in [2.05, 4.69) is 15.3 Å². The van der Waals surface area contributed by atoms with Gasteiger partial charge in [0.1, 0.15) is 0 Å². The Balaban J connectivity index is 2.40. The lowest BCUT2D eigenvalue weighted by molar-refractivity contribution is -0.385. The topological polar surface area (TPSA) is 90.2 Å². The van der Waals surface area contributed by atoms with Crippen molar-refractivity contribution in [2.24, 2.45) is 0 Å². The average Bonchev–Trinajstić information content (AvgIpc) is 2.40. The van der Waals surface area contributed by atoms with Crippen LogP contribution in [0.2, 0.25) is 5.02 Å². The Bertz CT molecular complexity index is 678. The second kappa shape index (κ2) is 6.36. The zero-order chi connectivity index (χ0) is 15.4. The number of nitro groups is 1. The summed E-state index contributed by atoms with van der Waals surface area (Å²) in [6.07, 6.45) is 0. The molecular weight excluding hydrogens is 296 g/mol. The van der Waals surface area contributed by atoms with Gasteiger partial charge in [-0.3, -0.25) is 10.1 Å². The zero-order valence-corrected chi connectivity index (χ0v) is 12.2. The van der Waals surface area contributed by atoms with E-state index in [0.29, 0.717) is 18.2 Å². The summed E-state index contributed by atoms with van der Waals surface area (Å²) in [5.74, 6) is 0.543. The number of aromatic nitrogens is 2. The first kappa shape index (κ1) is 15.0. The summed E-state index contributed by atoms with van der Waals surface area (Å²) in [5, 5.41) is 14.1. The molecule has 0 saturated carbocycles. The van der Waals surface area contributed by atoms with Crippen LogP contribution in [0.25, 0.3) is 0 Å². The third kappa shape index (κ3) is 3.57. The molecule has 0 amide bonds. The Kier molecular flexibility index (Phi) is 4.54. The molecule has 0 fully saturated rings. The van der Waals surface area contributed by atoms with E-state index < -0.39 is 4.92 Å². The molecule has 0 aliphatic heterocycles. The highest BCUT2D eigenvalue weighted by Crippen LogP contribution is 2.37. The van der Waals surface area contributed by atoms with Crippen LogP contribution >= 0.6 is 11.6 Å². The van der Waals surface area contributed by atoms with Crippen LogP contribution in [0.3, 0.4) is 0 Å². The molecule has 1 aromatic carbocycles. The Labute approximate surface area is 126 Å². The second-order valence-corrected chi connectivity index (χ2v) is 4.56. The van der Waals surface area contributed by atoms with Gasteiger partial charge >= 0.3 is 5.69 Å². The maximum atomic E-state index is 11.0. The predicted molar refractivity (Wildman–Crippen MR) is 79.1 cm³/mol. The molecule has 0 unspecified atom stereocenters. The molecule has 7 nitrogen and oxygen atoms in total. The molecule has 0 aliphatic carbocycles. The molecule has 21 heavy (non-hydrogen) atoms. The van der Waals surface area contributed by atoms with Gasteiger partial charge in [-0.25, -0.2) is 4.98 Å². The fourth-order valence-corrected chi connectivity index (χ4v) is 1.88. The van der Waals surface area contributed by atoms with Crippen LogP contribution in [0.4, 0.5) is 11.6 Å². The van der Waals surface area contributed by atoms with E-state index in [4.69, 9.17) is 16.3 Å². The van der Waals surface area contributed by atoms with Crippen molar-refractivity contribution in [3.63, 3.8) is 0 Å². The molecule has 2 aromatic rings. The number of hydrogen-bond donors (Lipinski definition) is 1. The van der Waals surface area contributed by atoms with Gasteiger partial charge in [-0.1, -0.05) is 17.7 Å². The summed E-state index contributed by atoms with van der Waals surface area (Å²) in [6, 6.07) is 5.90. The van der Waals surface area contributed by atoms with Crippen molar-refractivity contribution in [1.82, 2.24) is 9.97 Å². The van der Waals surface area contributed by atoms with Gasteiger partial charge in [0.2, 0.25) is 17.6 Å². The molecule has 0 saturated heterocycles. The number of para-hydroxylation sites is 1. The number of halogens is 1. The van der Waals surface area contributed by atoms with Crippen LogP contribution in [0.1, 0.15) is 12.6 Å². The summed E-state index contributed by atoms with van der Waals surface area (Å²) in [4.78, 5) is 18.8. The largest absolute Gasteiger partial charge is 0.430 e. The zero-order valence-electron chi connectivity index (χ0n) is 11.5. The van der Waals surface area contributed by atoms with Gasteiger partial charge in [0.05, 0.1) is 9.95 Å². The van der Waals surface area contributed by atoms with Crippen molar-refractivity contribution < 1.29 is 9.66 Å². The van der Waals surface area contributed by atoms with E-state index in [1.54, 1.807) is 13.0 Å². The molecule has 1 N–H and O–H groups in total. The van der Waals surface area contributed by atoms with E-state index in [1.165, 1.54) is 18.2 Å². The minimum Gasteiger partial charge on any atom is -0.430 e. The van der Waals surface area contributed by atoms with Gasteiger partial charge < -0.3 is 10.1 Å². The highest BCUT2D eigenvalue weighted by atomic mass is 35.5. The van der Waals surface area contributed by atoms with Crippen molar-refractivity contribution >= 4 is 23.2 Å². The molecule has 110 valence electrons. The van der Waals surface area contributed by atoms with Crippen LogP contribution in [0, 0.1) is 17.0 Å². The summed E-state index contributed by atoms with van der Waals surface area (Å²) in [5.41, 5.74) is 0.453. The first-order valence-corrected chi connectivity index (χ1v) is 6.59. The third-order valence-corrected chi connectivity index (χ3v) is 2.81. The van der Waals surface area contributed by atoms with Crippen molar-refractivity contribution in [3.05, 3.63) is 45.1 Å². The van der Waals surface area contributed by atoms with E-state index in [9.17, 15) is 10.1 Å². The average molecular weight is 309 g/mol. The van der Waals surface area contributed by atoms with Gasteiger partial charge in [-0.05, 0) is 19.9 Å². The lowest BCUT2D eigenvalue weighted by Gasteiger charge is -2.09. The molecule has 0 radical (unpaired) electrons.